The number of nitrogens with zero attached hydrogens (tertiary/aromatic N) is 2. The molecule has 0 bridgehead atoms. The van der Waals surface area contributed by atoms with Gasteiger partial charge >= 0.3 is 12.1 Å². The maximum atomic E-state index is 13.2. The summed E-state index contributed by atoms with van der Waals surface area (Å²) < 4.78 is 33.9. The topological polar surface area (TPSA) is 88.6 Å². The van der Waals surface area contributed by atoms with E-state index in [1.807, 2.05) is 23.2 Å². The fourth-order valence-corrected chi connectivity index (χ4v) is 4.24. The van der Waals surface area contributed by atoms with Crippen LogP contribution in [0.1, 0.15) is 47.2 Å². The van der Waals surface area contributed by atoms with Crippen LogP contribution in [0.3, 0.4) is 0 Å². The Morgan fingerprint density at radius 1 is 1.09 bits per heavy atom. The molecule has 0 unspecified atom stereocenters. The molecule has 0 saturated carbocycles. The molecule has 34 heavy (non-hydrogen) atoms. The van der Waals surface area contributed by atoms with Gasteiger partial charge in [0.25, 0.3) is 5.91 Å². The highest BCUT2D eigenvalue weighted by Gasteiger charge is 2.38. The molecule has 0 aliphatic carbocycles. The van der Waals surface area contributed by atoms with E-state index in [9.17, 15) is 18.0 Å². The van der Waals surface area contributed by atoms with Gasteiger partial charge in [0.05, 0.1) is 5.56 Å². The molecule has 182 valence electrons. The lowest BCUT2D eigenvalue weighted by Gasteiger charge is -2.32. The van der Waals surface area contributed by atoms with Crippen LogP contribution in [0.25, 0.3) is 10.9 Å². The number of benzene rings is 2. The summed E-state index contributed by atoms with van der Waals surface area (Å²) in [6.07, 6.45) is -1.05. The van der Waals surface area contributed by atoms with Crippen molar-refractivity contribution < 1.29 is 27.9 Å². The molecular formula is C25H28F3N3O3. The van der Waals surface area contributed by atoms with Crippen molar-refractivity contribution in [2.75, 3.05) is 13.1 Å². The Kier molecular flexibility index (Phi) is 7.98. The first kappa shape index (κ1) is 25.3. The Bertz CT molecular complexity index is 1150. The predicted octanol–water partition coefficient (Wildman–Crippen LogP) is 4.77. The van der Waals surface area contributed by atoms with Gasteiger partial charge in [-0.15, -0.1) is 0 Å². The first-order valence-electron chi connectivity index (χ1n) is 11.1. The zero-order valence-corrected chi connectivity index (χ0v) is 18.9. The summed E-state index contributed by atoms with van der Waals surface area (Å²) in [5.74, 6) is -2.09. The summed E-state index contributed by atoms with van der Waals surface area (Å²) in [6, 6.07) is 16.8. The van der Waals surface area contributed by atoms with Crippen molar-refractivity contribution in [2.24, 2.45) is 5.73 Å². The highest BCUT2D eigenvalue weighted by atomic mass is 19.4. The van der Waals surface area contributed by atoms with Gasteiger partial charge in [-0.3, -0.25) is 4.79 Å². The Hall–Kier alpha value is -3.33. The van der Waals surface area contributed by atoms with Gasteiger partial charge in [-0.2, -0.15) is 13.2 Å². The van der Waals surface area contributed by atoms with Gasteiger partial charge < -0.3 is 20.3 Å². The predicted molar refractivity (Wildman–Crippen MR) is 124 cm³/mol. The molecule has 0 spiro atoms. The molecule has 0 atom stereocenters. The molecule has 3 N–H and O–H groups in total. The summed E-state index contributed by atoms with van der Waals surface area (Å²) in [5.41, 5.74) is 10.3. The van der Waals surface area contributed by atoms with Crippen LogP contribution in [0.5, 0.6) is 0 Å². The third-order valence-electron chi connectivity index (χ3n) is 6.04. The van der Waals surface area contributed by atoms with Crippen molar-refractivity contribution in [3.63, 3.8) is 0 Å². The van der Waals surface area contributed by atoms with Crippen LogP contribution in [-0.4, -0.2) is 45.7 Å². The number of carboxylic acids is 1. The number of aromatic nitrogens is 1. The maximum Gasteiger partial charge on any atom is 0.490 e. The van der Waals surface area contributed by atoms with Crippen molar-refractivity contribution in [3.05, 3.63) is 71.4 Å². The van der Waals surface area contributed by atoms with E-state index in [0.29, 0.717) is 12.5 Å². The van der Waals surface area contributed by atoms with Gasteiger partial charge in [0.1, 0.15) is 0 Å². The lowest BCUT2D eigenvalue weighted by molar-refractivity contribution is -0.192. The number of hydrogen-bond acceptors (Lipinski definition) is 3. The largest absolute Gasteiger partial charge is 0.490 e. The molecule has 6 nitrogen and oxygen atoms in total. The minimum Gasteiger partial charge on any atom is -0.475 e. The standard InChI is InChI=1S/C23H27N3O.C2HF3O2/c1-2-25-16-21(20-8-3-4-9-22(20)25)23(27)26-12-10-18(11-13-26)19-7-5-6-17(14-19)15-24;3-2(4,5)1(6)7/h3-9,14,16,18H,2,10-13,15,24H2,1H3;(H,6,7). The maximum absolute atomic E-state index is 13.2. The summed E-state index contributed by atoms with van der Waals surface area (Å²) in [6.45, 7) is 5.17. The van der Waals surface area contributed by atoms with E-state index in [1.54, 1.807) is 0 Å². The summed E-state index contributed by atoms with van der Waals surface area (Å²) in [4.78, 5) is 24.1. The number of aliphatic carboxylic acids is 1. The van der Waals surface area contributed by atoms with Gasteiger partial charge in [0.15, 0.2) is 0 Å². The molecule has 1 fully saturated rings. The number of carbonyl (C=O) groups is 2. The summed E-state index contributed by atoms with van der Waals surface area (Å²) in [7, 11) is 0. The van der Waals surface area contributed by atoms with Crippen LogP contribution in [0, 0.1) is 0 Å². The van der Waals surface area contributed by atoms with Crippen molar-refractivity contribution in [2.45, 2.75) is 44.9 Å². The number of likely N-dealkylation sites (tertiary alicyclic amines) is 1. The Balaban J connectivity index is 0.000000406. The second-order valence-corrected chi connectivity index (χ2v) is 8.16. The van der Waals surface area contributed by atoms with E-state index in [-0.39, 0.29) is 5.91 Å². The summed E-state index contributed by atoms with van der Waals surface area (Å²) >= 11 is 0. The fraction of sp³-hybridized carbons (Fsp3) is 0.360. The number of aryl methyl sites for hydroxylation is 1. The number of carboxylic acid groups (broad SMARTS) is 1. The number of alkyl halides is 3. The van der Waals surface area contributed by atoms with Crippen LogP contribution in [0.4, 0.5) is 13.2 Å². The van der Waals surface area contributed by atoms with Crippen LogP contribution in [0.2, 0.25) is 0 Å². The monoisotopic (exact) mass is 475 g/mol. The van der Waals surface area contributed by atoms with E-state index in [1.165, 1.54) is 11.1 Å². The SMILES string of the molecule is CCn1cc(C(=O)N2CCC(c3cccc(CN)c3)CC2)c2ccccc21.O=C(O)C(F)(F)F. The van der Waals surface area contributed by atoms with Gasteiger partial charge in [-0.05, 0) is 42.9 Å². The third kappa shape index (κ3) is 5.77. The molecule has 2 aromatic carbocycles. The second-order valence-electron chi connectivity index (χ2n) is 8.16. The zero-order valence-electron chi connectivity index (χ0n) is 18.9. The second kappa shape index (κ2) is 10.7. The molecule has 1 aromatic heterocycles. The Morgan fingerprint density at radius 2 is 1.74 bits per heavy atom. The number of hydrogen-bond donors (Lipinski definition) is 2. The minimum atomic E-state index is -5.08. The van der Waals surface area contributed by atoms with E-state index in [4.69, 9.17) is 15.6 Å². The zero-order chi connectivity index (χ0) is 24.9. The molecule has 2 heterocycles. The minimum absolute atomic E-state index is 0.160. The van der Waals surface area contributed by atoms with Crippen LogP contribution >= 0.6 is 0 Å². The number of halogens is 3. The van der Waals surface area contributed by atoms with Crippen LogP contribution in [-0.2, 0) is 17.9 Å². The highest BCUT2D eigenvalue weighted by Crippen LogP contribution is 2.30. The molecular weight excluding hydrogens is 447 g/mol. The van der Waals surface area contributed by atoms with Crippen molar-refractivity contribution in [1.29, 1.82) is 0 Å². The van der Waals surface area contributed by atoms with Gasteiger partial charge in [0, 0.05) is 43.3 Å². The quantitative estimate of drug-likeness (QED) is 0.569. The third-order valence-corrected chi connectivity index (χ3v) is 6.04. The fourth-order valence-electron chi connectivity index (χ4n) is 4.24. The molecule has 1 aliphatic rings. The molecule has 0 radical (unpaired) electrons. The first-order chi connectivity index (χ1) is 16.2. The van der Waals surface area contributed by atoms with Gasteiger partial charge in [-0.1, -0.05) is 42.5 Å². The average Bonchev–Trinajstić information content (AvgIpc) is 3.22. The Morgan fingerprint density at radius 3 is 2.32 bits per heavy atom. The molecule has 4 rings (SSSR count). The van der Waals surface area contributed by atoms with Crippen LogP contribution in [0.15, 0.2) is 54.7 Å². The van der Waals surface area contributed by atoms with Crippen molar-refractivity contribution >= 4 is 22.8 Å². The lowest BCUT2D eigenvalue weighted by Crippen LogP contribution is -2.37. The molecule has 9 heteroatoms. The normalized spacial score (nSPS) is 14.6. The first-order valence-corrected chi connectivity index (χ1v) is 11.1. The van der Waals surface area contributed by atoms with Crippen molar-refractivity contribution in [3.8, 4) is 0 Å². The smallest absolute Gasteiger partial charge is 0.475 e. The number of nitrogens with two attached hydrogens (primary N) is 1. The molecule has 1 aliphatic heterocycles. The number of rotatable bonds is 4. The Labute approximate surface area is 195 Å². The lowest BCUT2D eigenvalue weighted by atomic mass is 9.88. The average molecular weight is 476 g/mol. The number of para-hydroxylation sites is 1. The van der Waals surface area contributed by atoms with E-state index < -0.39 is 12.1 Å². The number of amides is 1. The number of fused-ring (bicyclic) bond motifs is 1. The van der Waals surface area contributed by atoms with E-state index in [0.717, 1.165) is 48.9 Å². The van der Waals surface area contributed by atoms with E-state index in [2.05, 4.69) is 47.9 Å². The molecule has 1 saturated heterocycles. The molecule has 1 amide bonds. The number of piperidine rings is 1. The van der Waals surface area contributed by atoms with Gasteiger partial charge in [0.2, 0.25) is 0 Å². The van der Waals surface area contributed by atoms with Gasteiger partial charge in [-0.25, -0.2) is 4.79 Å². The molecule has 3 aromatic rings. The van der Waals surface area contributed by atoms with Crippen molar-refractivity contribution in [1.82, 2.24) is 9.47 Å². The van der Waals surface area contributed by atoms with Crippen LogP contribution < -0.4 is 5.73 Å². The number of carbonyl (C=O) groups excluding carboxylic acids is 1. The highest BCUT2D eigenvalue weighted by molar-refractivity contribution is 6.07. The van der Waals surface area contributed by atoms with E-state index >= 15 is 0 Å². The summed E-state index contributed by atoms with van der Waals surface area (Å²) in [5, 5.41) is 8.18.